The van der Waals surface area contributed by atoms with Gasteiger partial charge >= 0.3 is 0 Å². The number of nitrogens with one attached hydrogen (secondary N) is 1. The summed E-state index contributed by atoms with van der Waals surface area (Å²) in [6, 6.07) is 8.78. The lowest BCUT2D eigenvalue weighted by Gasteiger charge is -2.12. The summed E-state index contributed by atoms with van der Waals surface area (Å²) in [6.45, 7) is 0. The molecule has 1 heterocycles. The van der Waals surface area contributed by atoms with E-state index in [4.69, 9.17) is 25.8 Å². The first-order chi connectivity index (χ1) is 11.6. The summed E-state index contributed by atoms with van der Waals surface area (Å²) in [5.41, 5.74) is 2.73. The minimum Gasteiger partial charge on any atom is -0.496 e. The summed E-state index contributed by atoms with van der Waals surface area (Å²) in [4.78, 5) is 12.3. The minimum absolute atomic E-state index is 0.191. The van der Waals surface area contributed by atoms with E-state index in [-0.39, 0.29) is 5.91 Å². The summed E-state index contributed by atoms with van der Waals surface area (Å²) >= 11 is 5.98. The summed E-state index contributed by atoms with van der Waals surface area (Å²) in [6.07, 6.45) is 1.76. The van der Waals surface area contributed by atoms with Crippen LogP contribution in [0.5, 0.6) is 17.2 Å². The van der Waals surface area contributed by atoms with Crippen molar-refractivity contribution in [3.8, 4) is 17.2 Å². The Morgan fingerprint density at radius 3 is 2.29 bits per heavy atom. The van der Waals surface area contributed by atoms with Crippen LogP contribution in [0, 0.1) is 0 Å². The number of carbonyl (C=O) groups is 1. The fourth-order valence-electron chi connectivity index (χ4n) is 2.63. The summed E-state index contributed by atoms with van der Waals surface area (Å²) in [5.74, 6) is 1.50. The lowest BCUT2D eigenvalue weighted by atomic mass is 10.0. The van der Waals surface area contributed by atoms with Gasteiger partial charge in [-0.15, -0.1) is 0 Å². The molecule has 3 rings (SSSR count). The second kappa shape index (κ2) is 6.45. The molecule has 6 heteroatoms. The number of amides is 1. The van der Waals surface area contributed by atoms with E-state index in [1.807, 2.05) is 6.07 Å². The van der Waals surface area contributed by atoms with Gasteiger partial charge in [-0.05, 0) is 24.3 Å². The standard InChI is InChI=1S/C18H16ClNO4/c1-22-15-9-17(24-3)16(23-2)7-10(15)6-13-12-5-4-11(19)8-14(12)20-18(13)21/h4-9H,1-3H3,(H,20,21)/b13-6-. The minimum atomic E-state index is -0.191. The van der Waals surface area contributed by atoms with Crippen molar-refractivity contribution in [1.82, 2.24) is 0 Å². The van der Waals surface area contributed by atoms with E-state index in [1.165, 1.54) is 0 Å². The van der Waals surface area contributed by atoms with E-state index in [0.717, 1.165) is 5.56 Å². The normalized spacial score (nSPS) is 14.3. The van der Waals surface area contributed by atoms with E-state index in [0.29, 0.717) is 39.1 Å². The third-order valence-corrected chi connectivity index (χ3v) is 4.04. The van der Waals surface area contributed by atoms with Gasteiger partial charge in [-0.3, -0.25) is 4.79 Å². The van der Waals surface area contributed by atoms with Gasteiger partial charge in [0, 0.05) is 27.8 Å². The maximum atomic E-state index is 12.3. The topological polar surface area (TPSA) is 56.8 Å². The van der Waals surface area contributed by atoms with Crippen LogP contribution in [0.4, 0.5) is 5.69 Å². The molecule has 0 bridgehead atoms. The molecule has 1 N–H and O–H groups in total. The predicted octanol–water partition coefficient (Wildman–Crippen LogP) is 3.86. The molecule has 0 aromatic heterocycles. The average molecular weight is 346 g/mol. The van der Waals surface area contributed by atoms with E-state index in [2.05, 4.69) is 5.32 Å². The Labute approximate surface area is 144 Å². The van der Waals surface area contributed by atoms with Crippen LogP contribution in [0.2, 0.25) is 5.02 Å². The van der Waals surface area contributed by atoms with Gasteiger partial charge in [0.15, 0.2) is 11.5 Å². The van der Waals surface area contributed by atoms with Gasteiger partial charge in [-0.2, -0.15) is 0 Å². The van der Waals surface area contributed by atoms with Gasteiger partial charge in [-0.1, -0.05) is 17.7 Å². The van der Waals surface area contributed by atoms with Crippen LogP contribution in [0.25, 0.3) is 11.6 Å². The zero-order valence-electron chi connectivity index (χ0n) is 13.5. The van der Waals surface area contributed by atoms with Crippen LogP contribution < -0.4 is 19.5 Å². The maximum Gasteiger partial charge on any atom is 0.256 e. The van der Waals surface area contributed by atoms with Gasteiger partial charge in [0.05, 0.1) is 27.0 Å². The third-order valence-electron chi connectivity index (χ3n) is 3.80. The maximum absolute atomic E-state index is 12.3. The predicted molar refractivity (Wildman–Crippen MR) is 94.1 cm³/mol. The highest BCUT2D eigenvalue weighted by Gasteiger charge is 2.25. The molecule has 24 heavy (non-hydrogen) atoms. The van der Waals surface area contributed by atoms with Crippen LogP contribution in [-0.4, -0.2) is 27.2 Å². The van der Waals surface area contributed by atoms with Gasteiger partial charge in [-0.25, -0.2) is 0 Å². The highest BCUT2D eigenvalue weighted by atomic mass is 35.5. The molecule has 5 nitrogen and oxygen atoms in total. The zero-order chi connectivity index (χ0) is 17.3. The second-order valence-corrected chi connectivity index (χ2v) is 5.59. The lowest BCUT2D eigenvalue weighted by Crippen LogP contribution is -2.03. The van der Waals surface area contributed by atoms with Crippen LogP contribution in [0.15, 0.2) is 30.3 Å². The van der Waals surface area contributed by atoms with Crippen molar-refractivity contribution in [2.45, 2.75) is 0 Å². The molecule has 0 unspecified atom stereocenters. The molecule has 124 valence electrons. The molecular weight excluding hydrogens is 330 g/mol. The summed E-state index contributed by atoms with van der Waals surface area (Å²) < 4.78 is 16.0. The van der Waals surface area contributed by atoms with Gasteiger partial charge in [0.25, 0.3) is 5.91 Å². The summed E-state index contributed by atoms with van der Waals surface area (Å²) in [5, 5.41) is 3.38. The fraction of sp³-hybridized carbons (Fsp3) is 0.167. The Hall–Kier alpha value is -2.66. The number of methoxy groups -OCH3 is 3. The number of ether oxygens (including phenoxy) is 3. The lowest BCUT2D eigenvalue weighted by molar-refractivity contribution is -0.110. The van der Waals surface area contributed by atoms with E-state index in [9.17, 15) is 4.79 Å². The van der Waals surface area contributed by atoms with E-state index in [1.54, 1.807) is 51.7 Å². The monoisotopic (exact) mass is 345 g/mol. The molecule has 0 radical (unpaired) electrons. The van der Waals surface area contributed by atoms with Crippen LogP contribution >= 0.6 is 11.6 Å². The number of rotatable bonds is 4. The molecule has 0 atom stereocenters. The molecule has 1 aliphatic rings. The first kappa shape index (κ1) is 16.2. The Balaban J connectivity index is 2.14. The van der Waals surface area contributed by atoms with Gasteiger partial charge in [0.1, 0.15) is 5.75 Å². The van der Waals surface area contributed by atoms with E-state index >= 15 is 0 Å². The molecule has 0 saturated carbocycles. The molecule has 0 spiro atoms. The smallest absolute Gasteiger partial charge is 0.256 e. The molecule has 2 aromatic carbocycles. The fourth-order valence-corrected chi connectivity index (χ4v) is 2.80. The largest absolute Gasteiger partial charge is 0.496 e. The van der Waals surface area contributed by atoms with Gasteiger partial charge < -0.3 is 19.5 Å². The molecule has 1 aliphatic heterocycles. The molecular formula is C18H16ClNO4. The Morgan fingerprint density at radius 1 is 0.958 bits per heavy atom. The SMILES string of the molecule is COc1cc(OC)c(OC)cc1/C=C1\C(=O)Nc2cc(Cl)ccc21. The molecule has 0 saturated heterocycles. The summed E-state index contributed by atoms with van der Waals surface area (Å²) in [7, 11) is 4.67. The Kier molecular flexibility index (Phi) is 4.36. The number of benzene rings is 2. The van der Waals surface area contributed by atoms with Crippen molar-refractivity contribution in [3.63, 3.8) is 0 Å². The van der Waals surface area contributed by atoms with Crippen molar-refractivity contribution in [3.05, 3.63) is 46.5 Å². The van der Waals surface area contributed by atoms with Crippen molar-refractivity contribution in [2.75, 3.05) is 26.6 Å². The molecule has 0 fully saturated rings. The number of fused-ring (bicyclic) bond motifs is 1. The molecule has 2 aromatic rings. The van der Waals surface area contributed by atoms with Gasteiger partial charge in [0.2, 0.25) is 0 Å². The Morgan fingerprint density at radius 2 is 1.62 bits per heavy atom. The number of hydrogen-bond acceptors (Lipinski definition) is 4. The Bertz CT molecular complexity index is 845. The van der Waals surface area contributed by atoms with Crippen molar-refractivity contribution in [1.29, 1.82) is 0 Å². The van der Waals surface area contributed by atoms with Crippen molar-refractivity contribution < 1.29 is 19.0 Å². The number of anilines is 1. The second-order valence-electron chi connectivity index (χ2n) is 5.15. The number of halogens is 1. The highest BCUT2D eigenvalue weighted by Crippen LogP contribution is 2.39. The average Bonchev–Trinajstić information content (AvgIpc) is 2.89. The molecule has 0 aliphatic carbocycles. The van der Waals surface area contributed by atoms with Crippen molar-refractivity contribution >= 4 is 34.8 Å². The molecule has 1 amide bonds. The van der Waals surface area contributed by atoms with Crippen molar-refractivity contribution in [2.24, 2.45) is 0 Å². The first-order valence-electron chi connectivity index (χ1n) is 7.20. The quantitative estimate of drug-likeness (QED) is 0.855. The van der Waals surface area contributed by atoms with Crippen LogP contribution in [0.1, 0.15) is 11.1 Å². The third kappa shape index (κ3) is 2.78. The van der Waals surface area contributed by atoms with Crippen LogP contribution in [-0.2, 0) is 4.79 Å². The zero-order valence-corrected chi connectivity index (χ0v) is 14.2. The highest BCUT2D eigenvalue weighted by molar-refractivity contribution is 6.36. The number of carbonyl (C=O) groups excluding carboxylic acids is 1. The van der Waals surface area contributed by atoms with E-state index < -0.39 is 0 Å². The van der Waals surface area contributed by atoms with Crippen LogP contribution in [0.3, 0.4) is 0 Å². The first-order valence-corrected chi connectivity index (χ1v) is 7.58. The number of hydrogen-bond donors (Lipinski definition) is 1.